The van der Waals surface area contributed by atoms with Gasteiger partial charge in [0, 0.05) is 25.4 Å². The van der Waals surface area contributed by atoms with Gasteiger partial charge in [0.25, 0.3) is 0 Å². The van der Waals surface area contributed by atoms with Crippen LogP contribution in [0.5, 0.6) is 0 Å². The van der Waals surface area contributed by atoms with Crippen LogP contribution in [-0.2, 0) is 13.6 Å². The van der Waals surface area contributed by atoms with Crippen LogP contribution in [0, 0.1) is 5.92 Å². The molecule has 1 aromatic heterocycles. The molecule has 1 aliphatic rings. The highest BCUT2D eigenvalue weighted by molar-refractivity contribution is 5.02. The van der Waals surface area contributed by atoms with Crippen LogP contribution < -0.4 is 5.32 Å². The summed E-state index contributed by atoms with van der Waals surface area (Å²) in [7, 11) is 4.18. The summed E-state index contributed by atoms with van der Waals surface area (Å²) >= 11 is 0. The first-order valence-electron chi connectivity index (χ1n) is 6.61. The Balaban J connectivity index is 1.57. The quantitative estimate of drug-likeness (QED) is 0.781. The van der Waals surface area contributed by atoms with Gasteiger partial charge in [0.1, 0.15) is 0 Å². The highest BCUT2D eigenvalue weighted by Crippen LogP contribution is 2.18. The lowest BCUT2D eigenvalue weighted by Gasteiger charge is -2.28. The van der Waals surface area contributed by atoms with Crippen LogP contribution >= 0.6 is 0 Å². The molecule has 1 aromatic rings. The number of hydrogen-bond donors (Lipinski definition) is 1. The van der Waals surface area contributed by atoms with Gasteiger partial charge in [0.2, 0.25) is 0 Å². The molecule has 0 radical (unpaired) electrons. The number of nitrogens with one attached hydrogen (secondary N) is 1. The van der Waals surface area contributed by atoms with E-state index >= 15 is 0 Å². The van der Waals surface area contributed by atoms with E-state index < -0.39 is 0 Å². The van der Waals surface area contributed by atoms with Gasteiger partial charge in [0.15, 0.2) is 0 Å². The Hall–Kier alpha value is -0.870. The number of hydrogen-bond acceptors (Lipinski definition) is 3. The highest BCUT2D eigenvalue weighted by atomic mass is 15.2. The van der Waals surface area contributed by atoms with Crippen LogP contribution in [0.4, 0.5) is 0 Å². The zero-order valence-corrected chi connectivity index (χ0v) is 11.0. The summed E-state index contributed by atoms with van der Waals surface area (Å²) in [6, 6.07) is 0. The van der Waals surface area contributed by atoms with Crippen LogP contribution in [-0.4, -0.2) is 41.4 Å². The average Bonchev–Trinajstić information content (AvgIpc) is 2.73. The molecule has 4 heteroatoms. The summed E-state index contributed by atoms with van der Waals surface area (Å²) in [5.41, 5.74) is 1.27. The van der Waals surface area contributed by atoms with Gasteiger partial charge in [-0.05, 0) is 51.9 Å². The van der Waals surface area contributed by atoms with Crippen molar-refractivity contribution >= 4 is 0 Å². The van der Waals surface area contributed by atoms with Crippen molar-refractivity contribution in [2.45, 2.75) is 25.8 Å². The minimum atomic E-state index is 0.924. The van der Waals surface area contributed by atoms with Crippen molar-refractivity contribution < 1.29 is 0 Å². The van der Waals surface area contributed by atoms with E-state index in [0.29, 0.717) is 0 Å². The SMILES string of the molecule is CN1CCC(CCNCc2cnn(C)c2)CC1. The van der Waals surface area contributed by atoms with Gasteiger partial charge in [-0.1, -0.05) is 0 Å². The van der Waals surface area contributed by atoms with Crippen molar-refractivity contribution in [1.29, 1.82) is 0 Å². The van der Waals surface area contributed by atoms with E-state index in [1.807, 2.05) is 17.9 Å². The number of nitrogens with zero attached hydrogens (tertiary/aromatic N) is 3. The van der Waals surface area contributed by atoms with Gasteiger partial charge in [-0.15, -0.1) is 0 Å². The van der Waals surface area contributed by atoms with E-state index in [-0.39, 0.29) is 0 Å². The first-order valence-corrected chi connectivity index (χ1v) is 6.61. The molecule has 0 aliphatic carbocycles. The number of aryl methyl sites for hydroxylation is 1. The normalized spacial score (nSPS) is 18.7. The Labute approximate surface area is 104 Å². The minimum Gasteiger partial charge on any atom is -0.313 e. The second-order valence-electron chi connectivity index (χ2n) is 5.23. The zero-order valence-electron chi connectivity index (χ0n) is 11.0. The van der Waals surface area contributed by atoms with E-state index in [0.717, 1.165) is 19.0 Å². The molecule has 0 unspecified atom stereocenters. The number of likely N-dealkylation sites (tertiary alicyclic amines) is 1. The summed E-state index contributed by atoms with van der Waals surface area (Å²) in [5, 5.41) is 7.67. The Bertz CT molecular complexity index is 326. The predicted molar refractivity (Wildman–Crippen MR) is 69.8 cm³/mol. The van der Waals surface area contributed by atoms with Gasteiger partial charge < -0.3 is 10.2 Å². The zero-order chi connectivity index (χ0) is 12.1. The third-order valence-corrected chi connectivity index (χ3v) is 3.65. The average molecular weight is 236 g/mol. The Kier molecular flexibility index (Phi) is 4.57. The third kappa shape index (κ3) is 4.13. The van der Waals surface area contributed by atoms with Gasteiger partial charge in [-0.2, -0.15) is 5.10 Å². The van der Waals surface area contributed by atoms with E-state index in [2.05, 4.69) is 28.6 Å². The molecule has 0 amide bonds. The summed E-state index contributed by atoms with van der Waals surface area (Å²) < 4.78 is 1.86. The number of rotatable bonds is 5. The Morgan fingerprint density at radius 1 is 1.35 bits per heavy atom. The first-order chi connectivity index (χ1) is 8.24. The topological polar surface area (TPSA) is 33.1 Å². The highest BCUT2D eigenvalue weighted by Gasteiger charge is 2.15. The van der Waals surface area contributed by atoms with Crippen molar-refractivity contribution in [1.82, 2.24) is 20.0 Å². The Morgan fingerprint density at radius 2 is 2.12 bits per heavy atom. The van der Waals surface area contributed by atoms with Crippen LogP contribution in [0.2, 0.25) is 0 Å². The van der Waals surface area contributed by atoms with Gasteiger partial charge in [-0.25, -0.2) is 0 Å². The largest absolute Gasteiger partial charge is 0.313 e. The molecular weight excluding hydrogens is 212 g/mol. The summed E-state index contributed by atoms with van der Waals surface area (Å²) in [4.78, 5) is 2.43. The smallest absolute Gasteiger partial charge is 0.0534 e. The summed E-state index contributed by atoms with van der Waals surface area (Å²) in [6.45, 7) is 4.62. The standard InChI is InChI=1S/C13H24N4/c1-16-7-4-12(5-8-16)3-6-14-9-13-10-15-17(2)11-13/h10-12,14H,3-9H2,1-2H3. The molecular formula is C13H24N4. The lowest BCUT2D eigenvalue weighted by atomic mass is 9.94. The van der Waals surface area contributed by atoms with Crippen molar-refractivity contribution in [2.24, 2.45) is 13.0 Å². The predicted octanol–water partition coefficient (Wildman–Crippen LogP) is 1.24. The lowest BCUT2D eigenvalue weighted by molar-refractivity contribution is 0.211. The molecule has 1 aliphatic heterocycles. The van der Waals surface area contributed by atoms with Crippen molar-refractivity contribution in [3.05, 3.63) is 18.0 Å². The summed E-state index contributed by atoms with van der Waals surface area (Å²) in [6.07, 6.45) is 8.05. The first kappa shape index (κ1) is 12.6. The fourth-order valence-electron chi connectivity index (χ4n) is 2.45. The van der Waals surface area contributed by atoms with Gasteiger partial charge in [-0.3, -0.25) is 4.68 Å². The minimum absolute atomic E-state index is 0.924. The second kappa shape index (κ2) is 6.17. The number of aromatic nitrogens is 2. The Morgan fingerprint density at radius 3 is 2.76 bits per heavy atom. The molecule has 4 nitrogen and oxygen atoms in total. The second-order valence-corrected chi connectivity index (χ2v) is 5.23. The fourth-order valence-corrected chi connectivity index (χ4v) is 2.45. The molecule has 0 spiro atoms. The van der Waals surface area contributed by atoms with Crippen LogP contribution in [0.15, 0.2) is 12.4 Å². The monoisotopic (exact) mass is 236 g/mol. The van der Waals surface area contributed by atoms with Crippen molar-refractivity contribution in [3.63, 3.8) is 0 Å². The number of piperidine rings is 1. The molecule has 2 rings (SSSR count). The van der Waals surface area contributed by atoms with Crippen molar-refractivity contribution in [2.75, 3.05) is 26.7 Å². The molecule has 2 heterocycles. The molecule has 0 atom stereocenters. The lowest BCUT2D eigenvalue weighted by Crippen LogP contribution is -2.31. The van der Waals surface area contributed by atoms with E-state index in [4.69, 9.17) is 0 Å². The fraction of sp³-hybridized carbons (Fsp3) is 0.769. The molecule has 1 N–H and O–H groups in total. The van der Waals surface area contributed by atoms with E-state index in [9.17, 15) is 0 Å². The third-order valence-electron chi connectivity index (χ3n) is 3.65. The molecule has 1 saturated heterocycles. The van der Waals surface area contributed by atoms with Crippen LogP contribution in [0.3, 0.4) is 0 Å². The van der Waals surface area contributed by atoms with Gasteiger partial charge in [0.05, 0.1) is 6.20 Å². The van der Waals surface area contributed by atoms with Crippen molar-refractivity contribution in [3.8, 4) is 0 Å². The molecule has 0 bridgehead atoms. The molecule has 0 saturated carbocycles. The summed E-state index contributed by atoms with van der Waals surface area (Å²) in [5.74, 6) is 0.924. The van der Waals surface area contributed by atoms with E-state index in [1.54, 1.807) is 0 Å². The van der Waals surface area contributed by atoms with Crippen LogP contribution in [0.1, 0.15) is 24.8 Å². The molecule has 96 valence electrons. The van der Waals surface area contributed by atoms with Gasteiger partial charge >= 0.3 is 0 Å². The van der Waals surface area contributed by atoms with Crippen LogP contribution in [0.25, 0.3) is 0 Å². The maximum absolute atomic E-state index is 4.16. The maximum atomic E-state index is 4.16. The molecule has 1 fully saturated rings. The van der Waals surface area contributed by atoms with E-state index in [1.165, 1.54) is 37.9 Å². The molecule has 17 heavy (non-hydrogen) atoms. The maximum Gasteiger partial charge on any atom is 0.0534 e. The molecule has 0 aromatic carbocycles.